The summed E-state index contributed by atoms with van der Waals surface area (Å²) in [7, 11) is 0. The minimum Gasteiger partial charge on any atom is -0.324 e. The van der Waals surface area contributed by atoms with E-state index in [1.165, 1.54) is 17.4 Å². The van der Waals surface area contributed by atoms with E-state index in [1.54, 1.807) is 4.90 Å². The van der Waals surface area contributed by atoms with E-state index in [0.717, 1.165) is 30.5 Å². The number of nitrogens with one attached hydrogen (secondary N) is 2. The van der Waals surface area contributed by atoms with Crippen LogP contribution in [0.2, 0.25) is 0 Å². The Balaban J connectivity index is 1.39. The van der Waals surface area contributed by atoms with Gasteiger partial charge in [-0.25, -0.2) is 13.6 Å². The zero-order valence-electron chi connectivity index (χ0n) is 17.3. The third-order valence-corrected chi connectivity index (χ3v) is 6.26. The molecule has 1 aliphatic heterocycles. The van der Waals surface area contributed by atoms with Gasteiger partial charge in [0.2, 0.25) is 5.01 Å². The first-order chi connectivity index (χ1) is 15.4. The van der Waals surface area contributed by atoms with Gasteiger partial charge in [0, 0.05) is 30.8 Å². The molecule has 0 saturated carbocycles. The van der Waals surface area contributed by atoms with Crippen LogP contribution >= 0.6 is 11.3 Å². The second kappa shape index (κ2) is 9.39. The van der Waals surface area contributed by atoms with Crippen molar-refractivity contribution in [2.75, 3.05) is 23.7 Å². The quantitative estimate of drug-likeness (QED) is 0.590. The highest BCUT2D eigenvalue weighted by atomic mass is 32.1. The van der Waals surface area contributed by atoms with Crippen molar-refractivity contribution in [1.29, 1.82) is 0 Å². The Morgan fingerprint density at radius 2 is 1.88 bits per heavy atom. The zero-order valence-corrected chi connectivity index (χ0v) is 18.1. The fourth-order valence-corrected chi connectivity index (χ4v) is 4.33. The molecule has 1 fully saturated rings. The van der Waals surface area contributed by atoms with E-state index in [9.17, 15) is 18.4 Å². The first-order valence-electron chi connectivity index (χ1n) is 10.1. The maximum Gasteiger partial charge on any atom is 0.321 e. The number of aryl methyl sites for hydroxylation is 1. The summed E-state index contributed by atoms with van der Waals surface area (Å²) in [5.41, 5.74) is 1.68. The Hall–Kier alpha value is -3.40. The van der Waals surface area contributed by atoms with Crippen LogP contribution in [0.4, 0.5) is 25.0 Å². The molecule has 0 aliphatic carbocycles. The average molecular weight is 458 g/mol. The SMILES string of the molecule is Cc1ccc(NC(=O)c2nnc(C3CCCN(C(=O)Nc4ccc(F)cc4F)C3)s2)cc1. The highest BCUT2D eigenvalue weighted by Gasteiger charge is 2.28. The molecule has 1 aliphatic rings. The molecule has 7 nitrogen and oxygen atoms in total. The lowest BCUT2D eigenvalue weighted by Crippen LogP contribution is -2.41. The van der Waals surface area contributed by atoms with Gasteiger partial charge in [-0.3, -0.25) is 4.79 Å². The summed E-state index contributed by atoms with van der Waals surface area (Å²) in [5.74, 6) is -1.96. The molecular weight excluding hydrogens is 436 g/mol. The van der Waals surface area contributed by atoms with Gasteiger partial charge in [0.25, 0.3) is 5.91 Å². The van der Waals surface area contributed by atoms with Crippen molar-refractivity contribution in [3.63, 3.8) is 0 Å². The third-order valence-electron chi connectivity index (χ3n) is 5.17. The number of piperidine rings is 1. The first-order valence-corrected chi connectivity index (χ1v) is 10.9. The smallest absolute Gasteiger partial charge is 0.321 e. The van der Waals surface area contributed by atoms with E-state index in [0.29, 0.717) is 23.8 Å². The number of aromatic nitrogens is 2. The van der Waals surface area contributed by atoms with Gasteiger partial charge >= 0.3 is 6.03 Å². The van der Waals surface area contributed by atoms with Crippen LogP contribution in [-0.4, -0.2) is 40.1 Å². The standard InChI is InChI=1S/C22H21F2N5O2S/c1-13-4-7-16(8-5-13)25-19(30)21-28-27-20(32-21)14-3-2-10-29(12-14)22(31)26-18-9-6-15(23)11-17(18)24/h4-9,11,14H,2-3,10,12H2,1H3,(H,25,30)(H,26,31). The molecule has 0 radical (unpaired) electrons. The number of nitrogens with zero attached hydrogens (tertiary/aromatic N) is 3. The summed E-state index contributed by atoms with van der Waals surface area (Å²) >= 11 is 1.20. The van der Waals surface area contributed by atoms with Crippen molar-refractivity contribution in [3.05, 3.63) is 69.7 Å². The zero-order chi connectivity index (χ0) is 22.7. The number of anilines is 2. The lowest BCUT2D eigenvalue weighted by atomic mass is 9.99. The van der Waals surface area contributed by atoms with Gasteiger partial charge < -0.3 is 15.5 Å². The maximum atomic E-state index is 13.8. The minimum atomic E-state index is -0.833. The lowest BCUT2D eigenvalue weighted by molar-refractivity contribution is 0.102. The van der Waals surface area contributed by atoms with Gasteiger partial charge in [0.1, 0.15) is 16.6 Å². The van der Waals surface area contributed by atoms with E-state index >= 15 is 0 Å². The van der Waals surface area contributed by atoms with Gasteiger partial charge in [-0.1, -0.05) is 29.0 Å². The predicted molar refractivity (Wildman–Crippen MR) is 118 cm³/mol. The molecule has 1 saturated heterocycles. The largest absolute Gasteiger partial charge is 0.324 e. The Bertz CT molecular complexity index is 1140. The molecule has 2 heterocycles. The number of amides is 3. The number of carbonyl (C=O) groups excluding carboxylic acids is 2. The molecule has 0 bridgehead atoms. The molecule has 3 aromatic rings. The lowest BCUT2D eigenvalue weighted by Gasteiger charge is -2.31. The fourth-order valence-electron chi connectivity index (χ4n) is 3.46. The topological polar surface area (TPSA) is 87.2 Å². The van der Waals surface area contributed by atoms with Crippen molar-refractivity contribution in [2.24, 2.45) is 0 Å². The summed E-state index contributed by atoms with van der Waals surface area (Å²) in [5, 5.41) is 14.4. The Labute approximate surface area is 187 Å². The van der Waals surface area contributed by atoms with Crippen LogP contribution in [0.15, 0.2) is 42.5 Å². The van der Waals surface area contributed by atoms with Gasteiger partial charge in [0.05, 0.1) is 5.69 Å². The van der Waals surface area contributed by atoms with Crippen LogP contribution in [0.25, 0.3) is 0 Å². The van der Waals surface area contributed by atoms with Gasteiger partial charge in [-0.15, -0.1) is 10.2 Å². The van der Waals surface area contributed by atoms with Crippen molar-refractivity contribution in [2.45, 2.75) is 25.7 Å². The van der Waals surface area contributed by atoms with Crippen molar-refractivity contribution >= 4 is 34.6 Å². The summed E-state index contributed by atoms with van der Waals surface area (Å²) in [6.07, 6.45) is 1.53. The first kappa shape index (κ1) is 21.8. The summed E-state index contributed by atoms with van der Waals surface area (Å²) in [4.78, 5) is 26.6. The van der Waals surface area contributed by atoms with Crippen LogP contribution < -0.4 is 10.6 Å². The van der Waals surface area contributed by atoms with E-state index in [1.807, 2.05) is 31.2 Å². The van der Waals surface area contributed by atoms with Crippen molar-refractivity contribution < 1.29 is 18.4 Å². The molecular formula is C22H21F2N5O2S. The molecule has 32 heavy (non-hydrogen) atoms. The molecule has 3 amide bonds. The molecule has 0 spiro atoms. The number of urea groups is 1. The summed E-state index contributed by atoms with van der Waals surface area (Å²) in [6, 6.07) is 9.96. The fraction of sp³-hybridized carbons (Fsp3) is 0.273. The third kappa shape index (κ3) is 5.08. The number of benzene rings is 2. The summed E-state index contributed by atoms with van der Waals surface area (Å²) < 4.78 is 26.9. The van der Waals surface area contributed by atoms with Crippen LogP contribution in [0.5, 0.6) is 0 Å². The second-order valence-corrected chi connectivity index (χ2v) is 8.61. The summed E-state index contributed by atoms with van der Waals surface area (Å²) in [6.45, 7) is 2.83. The highest BCUT2D eigenvalue weighted by molar-refractivity contribution is 7.13. The normalized spacial score (nSPS) is 16.0. The number of likely N-dealkylation sites (tertiary alicyclic amines) is 1. The molecule has 2 aromatic carbocycles. The van der Waals surface area contributed by atoms with Crippen molar-refractivity contribution in [1.82, 2.24) is 15.1 Å². The molecule has 4 rings (SSSR count). The van der Waals surface area contributed by atoms with Crippen LogP contribution in [0.3, 0.4) is 0 Å². The molecule has 10 heteroatoms. The number of halogens is 2. The highest BCUT2D eigenvalue weighted by Crippen LogP contribution is 2.30. The van der Waals surface area contributed by atoms with Gasteiger partial charge in [-0.2, -0.15) is 0 Å². The Kier molecular flexibility index (Phi) is 6.40. The number of hydrogen-bond donors (Lipinski definition) is 2. The van der Waals surface area contributed by atoms with Gasteiger partial charge in [0.15, 0.2) is 0 Å². The van der Waals surface area contributed by atoms with E-state index in [4.69, 9.17) is 0 Å². The number of carbonyl (C=O) groups is 2. The molecule has 1 unspecified atom stereocenters. The molecule has 166 valence electrons. The molecule has 1 aromatic heterocycles. The van der Waals surface area contributed by atoms with Crippen molar-refractivity contribution in [3.8, 4) is 0 Å². The van der Waals surface area contributed by atoms with Crippen LogP contribution in [0.1, 0.15) is 39.1 Å². The number of hydrogen-bond acceptors (Lipinski definition) is 5. The van der Waals surface area contributed by atoms with Crippen LogP contribution in [-0.2, 0) is 0 Å². The van der Waals surface area contributed by atoms with E-state index in [-0.39, 0.29) is 22.5 Å². The average Bonchev–Trinajstić information content (AvgIpc) is 3.28. The van der Waals surface area contributed by atoms with E-state index < -0.39 is 17.7 Å². The number of rotatable bonds is 4. The molecule has 2 N–H and O–H groups in total. The van der Waals surface area contributed by atoms with Gasteiger partial charge in [-0.05, 0) is 44.0 Å². The maximum absolute atomic E-state index is 13.8. The minimum absolute atomic E-state index is 0.0778. The monoisotopic (exact) mass is 457 g/mol. The van der Waals surface area contributed by atoms with Crippen LogP contribution in [0, 0.1) is 18.6 Å². The second-order valence-electron chi connectivity index (χ2n) is 7.61. The predicted octanol–water partition coefficient (Wildman–Crippen LogP) is 4.79. The molecule has 1 atom stereocenters. The van der Waals surface area contributed by atoms with E-state index in [2.05, 4.69) is 20.8 Å². The Morgan fingerprint density at radius 1 is 1.09 bits per heavy atom. The Morgan fingerprint density at radius 3 is 2.62 bits per heavy atom.